The standard InChI is InChI=1S/C6H5ClIN/c1-4-2-9-3-5(7)6(4)8/h2-3H,1H3. The maximum absolute atomic E-state index is 5.74. The molecular weight excluding hydrogens is 248 g/mol. The number of aryl methyl sites for hydroxylation is 1. The molecular formula is C6H5ClIN. The summed E-state index contributed by atoms with van der Waals surface area (Å²) in [6.07, 6.45) is 3.45. The third-order valence-electron chi connectivity index (χ3n) is 1.01. The molecule has 48 valence electrons. The van der Waals surface area contributed by atoms with Gasteiger partial charge in [0.2, 0.25) is 0 Å². The van der Waals surface area contributed by atoms with E-state index < -0.39 is 0 Å². The summed E-state index contributed by atoms with van der Waals surface area (Å²) in [6.45, 7) is 1.99. The van der Waals surface area contributed by atoms with Gasteiger partial charge in [-0.2, -0.15) is 0 Å². The van der Waals surface area contributed by atoms with Gasteiger partial charge < -0.3 is 0 Å². The molecule has 0 atom stereocenters. The fourth-order valence-electron chi connectivity index (χ4n) is 0.516. The van der Waals surface area contributed by atoms with Crippen LogP contribution in [-0.2, 0) is 0 Å². The van der Waals surface area contributed by atoms with Gasteiger partial charge in [0.15, 0.2) is 0 Å². The first kappa shape index (κ1) is 7.28. The second kappa shape index (κ2) is 2.84. The van der Waals surface area contributed by atoms with Crippen molar-refractivity contribution in [1.29, 1.82) is 0 Å². The van der Waals surface area contributed by atoms with Crippen LogP contribution in [0.5, 0.6) is 0 Å². The molecule has 1 rings (SSSR count). The van der Waals surface area contributed by atoms with Gasteiger partial charge in [0, 0.05) is 16.0 Å². The molecule has 0 unspecified atom stereocenters. The van der Waals surface area contributed by atoms with Crippen molar-refractivity contribution in [2.45, 2.75) is 6.92 Å². The van der Waals surface area contributed by atoms with Crippen LogP contribution in [-0.4, -0.2) is 4.98 Å². The van der Waals surface area contributed by atoms with Gasteiger partial charge in [-0.15, -0.1) is 0 Å². The highest BCUT2D eigenvalue weighted by Crippen LogP contribution is 2.18. The van der Waals surface area contributed by atoms with Gasteiger partial charge in [-0.3, -0.25) is 4.98 Å². The second-order valence-corrected chi connectivity index (χ2v) is 3.24. The topological polar surface area (TPSA) is 12.9 Å². The van der Waals surface area contributed by atoms with Crippen LogP contribution in [0.1, 0.15) is 5.56 Å². The summed E-state index contributed by atoms with van der Waals surface area (Å²) in [4.78, 5) is 3.91. The minimum Gasteiger partial charge on any atom is -0.263 e. The molecule has 0 aliphatic carbocycles. The fourth-order valence-corrected chi connectivity index (χ4v) is 1.00. The first-order valence-corrected chi connectivity index (χ1v) is 3.93. The fraction of sp³-hybridized carbons (Fsp3) is 0.167. The number of halogens is 2. The quantitative estimate of drug-likeness (QED) is 0.648. The molecule has 0 saturated heterocycles. The summed E-state index contributed by atoms with van der Waals surface area (Å²) in [5.41, 5.74) is 1.13. The third kappa shape index (κ3) is 1.55. The molecule has 1 heterocycles. The van der Waals surface area contributed by atoms with Gasteiger partial charge in [-0.1, -0.05) is 11.6 Å². The van der Waals surface area contributed by atoms with Crippen molar-refractivity contribution in [2.24, 2.45) is 0 Å². The summed E-state index contributed by atoms with van der Waals surface area (Å²) < 4.78 is 1.09. The van der Waals surface area contributed by atoms with Crippen LogP contribution >= 0.6 is 34.2 Å². The number of rotatable bonds is 0. The minimum absolute atomic E-state index is 0.732. The molecule has 1 aromatic rings. The average Bonchev–Trinajstić information content (AvgIpc) is 1.83. The normalized spacial score (nSPS) is 9.67. The monoisotopic (exact) mass is 253 g/mol. The van der Waals surface area contributed by atoms with Crippen LogP contribution in [0.3, 0.4) is 0 Å². The smallest absolute Gasteiger partial charge is 0.0725 e. The van der Waals surface area contributed by atoms with Gasteiger partial charge >= 0.3 is 0 Å². The zero-order valence-corrected chi connectivity index (χ0v) is 7.77. The Morgan fingerprint density at radius 3 is 2.67 bits per heavy atom. The predicted octanol–water partition coefficient (Wildman–Crippen LogP) is 2.65. The van der Waals surface area contributed by atoms with Crippen molar-refractivity contribution in [3.05, 3.63) is 26.5 Å². The van der Waals surface area contributed by atoms with E-state index in [1.165, 1.54) is 0 Å². The molecule has 0 fully saturated rings. The molecule has 0 amide bonds. The van der Waals surface area contributed by atoms with Gasteiger partial charge in [-0.25, -0.2) is 0 Å². The van der Waals surface area contributed by atoms with Crippen LogP contribution in [0.4, 0.5) is 0 Å². The first-order valence-electron chi connectivity index (χ1n) is 2.47. The van der Waals surface area contributed by atoms with Crippen LogP contribution in [0.15, 0.2) is 12.4 Å². The molecule has 1 aromatic heterocycles. The van der Waals surface area contributed by atoms with E-state index in [1.54, 1.807) is 12.4 Å². The van der Waals surface area contributed by atoms with Crippen molar-refractivity contribution in [3.8, 4) is 0 Å². The molecule has 3 heteroatoms. The molecule has 0 radical (unpaired) electrons. The summed E-state index contributed by atoms with van der Waals surface area (Å²) in [5.74, 6) is 0. The Kier molecular flexibility index (Phi) is 2.29. The number of aromatic nitrogens is 1. The maximum atomic E-state index is 5.74. The molecule has 0 bridgehead atoms. The molecule has 0 N–H and O–H groups in total. The first-order chi connectivity index (χ1) is 4.22. The maximum Gasteiger partial charge on any atom is 0.0725 e. The lowest BCUT2D eigenvalue weighted by Crippen LogP contribution is -1.82. The zero-order valence-electron chi connectivity index (χ0n) is 4.86. The minimum atomic E-state index is 0.732. The van der Waals surface area contributed by atoms with Crippen LogP contribution < -0.4 is 0 Å². The highest BCUT2D eigenvalue weighted by Gasteiger charge is 1.97. The molecule has 0 aromatic carbocycles. The van der Waals surface area contributed by atoms with E-state index in [2.05, 4.69) is 27.6 Å². The van der Waals surface area contributed by atoms with Crippen molar-refractivity contribution in [3.63, 3.8) is 0 Å². The van der Waals surface area contributed by atoms with Crippen molar-refractivity contribution in [1.82, 2.24) is 4.98 Å². The van der Waals surface area contributed by atoms with Crippen molar-refractivity contribution >= 4 is 34.2 Å². The molecule has 0 spiro atoms. The summed E-state index contributed by atoms with van der Waals surface area (Å²) in [5, 5.41) is 0.732. The third-order valence-corrected chi connectivity index (χ3v) is 3.05. The molecule has 9 heavy (non-hydrogen) atoms. The summed E-state index contributed by atoms with van der Waals surface area (Å²) in [7, 11) is 0. The Hall–Kier alpha value is 0.170. The predicted molar refractivity (Wildman–Crippen MR) is 46.7 cm³/mol. The number of hydrogen-bond acceptors (Lipinski definition) is 1. The number of pyridine rings is 1. The summed E-state index contributed by atoms with van der Waals surface area (Å²) >= 11 is 7.94. The van der Waals surface area contributed by atoms with Crippen molar-refractivity contribution in [2.75, 3.05) is 0 Å². The Balaban J connectivity index is 3.25. The lowest BCUT2D eigenvalue weighted by atomic mass is 10.3. The van der Waals surface area contributed by atoms with Crippen molar-refractivity contribution < 1.29 is 0 Å². The van der Waals surface area contributed by atoms with Gasteiger partial charge in [0.1, 0.15) is 0 Å². The van der Waals surface area contributed by atoms with E-state index in [-0.39, 0.29) is 0 Å². The molecule has 0 saturated carbocycles. The molecule has 0 aliphatic heterocycles. The summed E-state index contributed by atoms with van der Waals surface area (Å²) in [6, 6.07) is 0. The molecule has 1 nitrogen and oxygen atoms in total. The number of hydrogen-bond donors (Lipinski definition) is 0. The lowest BCUT2D eigenvalue weighted by Gasteiger charge is -1.96. The average molecular weight is 253 g/mol. The van der Waals surface area contributed by atoms with Crippen LogP contribution in [0.2, 0.25) is 5.02 Å². The zero-order chi connectivity index (χ0) is 6.85. The Morgan fingerprint density at radius 2 is 2.22 bits per heavy atom. The van der Waals surface area contributed by atoms with E-state index in [9.17, 15) is 0 Å². The van der Waals surface area contributed by atoms with E-state index in [0.29, 0.717) is 0 Å². The lowest BCUT2D eigenvalue weighted by molar-refractivity contribution is 1.25. The van der Waals surface area contributed by atoms with Gasteiger partial charge in [-0.05, 0) is 35.1 Å². The van der Waals surface area contributed by atoms with E-state index in [0.717, 1.165) is 14.2 Å². The SMILES string of the molecule is Cc1cncc(Cl)c1I. The largest absolute Gasteiger partial charge is 0.263 e. The van der Waals surface area contributed by atoms with E-state index in [4.69, 9.17) is 11.6 Å². The Labute approximate surface area is 72.6 Å². The Morgan fingerprint density at radius 1 is 1.56 bits per heavy atom. The van der Waals surface area contributed by atoms with E-state index in [1.807, 2.05) is 6.92 Å². The Bertz CT molecular complexity index is 204. The second-order valence-electron chi connectivity index (χ2n) is 1.75. The van der Waals surface area contributed by atoms with Crippen LogP contribution in [0.25, 0.3) is 0 Å². The van der Waals surface area contributed by atoms with Gasteiger partial charge in [0.05, 0.1) is 5.02 Å². The van der Waals surface area contributed by atoms with Gasteiger partial charge in [0.25, 0.3) is 0 Å². The highest BCUT2D eigenvalue weighted by molar-refractivity contribution is 14.1. The highest BCUT2D eigenvalue weighted by atomic mass is 127. The number of nitrogens with zero attached hydrogens (tertiary/aromatic N) is 1. The molecule has 0 aliphatic rings. The van der Waals surface area contributed by atoms with E-state index >= 15 is 0 Å². The van der Waals surface area contributed by atoms with Crippen LogP contribution in [0, 0.1) is 10.5 Å².